The van der Waals surface area contributed by atoms with Crippen LogP contribution in [-0.2, 0) is 40.8 Å². The van der Waals surface area contributed by atoms with E-state index >= 15 is 8.78 Å². The Morgan fingerprint density at radius 1 is 1.04 bits per heavy atom. The van der Waals surface area contributed by atoms with E-state index in [1.165, 1.54) is 16.9 Å². The number of aryl methyl sites for hydroxylation is 1. The molecule has 8 rings (SSSR count). The van der Waals surface area contributed by atoms with E-state index in [1.807, 2.05) is 12.2 Å². The zero-order valence-electron chi connectivity index (χ0n) is 29.8. The molecule has 2 unspecified atom stereocenters. The molecule has 1 saturated carbocycles. The molecule has 57 heavy (non-hydrogen) atoms. The fourth-order valence-corrected chi connectivity index (χ4v) is 9.07. The second kappa shape index (κ2) is 14.2. The maximum atomic E-state index is 15.4. The lowest BCUT2D eigenvalue weighted by Gasteiger charge is -2.25. The van der Waals surface area contributed by atoms with Crippen LogP contribution in [0.25, 0.3) is 22.0 Å². The second-order valence-corrected chi connectivity index (χ2v) is 17.0. The van der Waals surface area contributed by atoms with Gasteiger partial charge in [-0.15, -0.1) is 11.6 Å². The first-order chi connectivity index (χ1) is 26.9. The SMILES string of the molecule is Cn1nc(NS(C)(=O)=O)c2c(Cl)ccc(-c3cc(C4C=CC=CC4Cl)cnc3[C@H](Cc3cc(F)cc(F)c3)NC(=O)Cn3nc(C(F)F)c4c3C(F)(F)[C@@H]3C[C@H]43)c21. The van der Waals surface area contributed by atoms with Crippen molar-refractivity contribution < 1.29 is 39.6 Å². The van der Waals surface area contributed by atoms with Crippen molar-refractivity contribution in [2.24, 2.45) is 13.0 Å². The number of carbonyl (C=O) groups is 1. The fourth-order valence-electron chi connectivity index (χ4n) is 8.02. The van der Waals surface area contributed by atoms with Crippen LogP contribution in [0.1, 0.15) is 64.5 Å². The second-order valence-electron chi connectivity index (χ2n) is 14.4. The van der Waals surface area contributed by atoms with Gasteiger partial charge in [0.15, 0.2) is 5.82 Å². The van der Waals surface area contributed by atoms with Gasteiger partial charge in [-0.25, -0.2) is 26.0 Å². The van der Waals surface area contributed by atoms with Crippen molar-refractivity contribution in [1.82, 2.24) is 29.9 Å². The first-order valence-corrected chi connectivity index (χ1v) is 20.3. The minimum atomic E-state index is -3.82. The number of nitrogens with one attached hydrogen (secondary N) is 2. The number of rotatable bonds is 11. The molecule has 0 aliphatic heterocycles. The number of nitrogens with zero attached hydrogens (tertiary/aromatic N) is 5. The third-order valence-corrected chi connectivity index (χ3v) is 11.7. The van der Waals surface area contributed by atoms with Crippen LogP contribution in [-0.4, -0.2) is 50.5 Å². The van der Waals surface area contributed by atoms with Crippen molar-refractivity contribution in [3.05, 3.63) is 117 Å². The van der Waals surface area contributed by atoms with Crippen LogP contribution < -0.4 is 10.0 Å². The average Bonchev–Trinajstić information content (AvgIpc) is 3.66. The molecule has 5 atom stereocenters. The van der Waals surface area contributed by atoms with Crippen LogP contribution in [0.4, 0.5) is 32.2 Å². The van der Waals surface area contributed by atoms with Gasteiger partial charge in [-0.2, -0.15) is 19.0 Å². The number of sulfonamides is 1. The molecule has 3 aromatic heterocycles. The van der Waals surface area contributed by atoms with Gasteiger partial charge in [0.25, 0.3) is 12.3 Å². The number of hydrogen-bond donors (Lipinski definition) is 2. The highest BCUT2D eigenvalue weighted by Gasteiger charge is 2.67. The van der Waals surface area contributed by atoms with Crippen LogP contribution in [0.2, 0.25) is 5.02 Å². The first kappa shape index (κ1) is 39.0. The van der Waals surface area contributed by atoms with E-state index < -0.39 is 87.0 Å². The lowest BCUT2D eigenvalue weighted by Crippen LogP contribution is -2.35. The summed E-state index contributed by atoms with van der Waals surface area (Å²) >= 11 is 13.3. The van der Waals surface area contributed by atoms with E-state index in [1.54, 1.807) is 31.3 Å². The number of benzene rings is 2. The standard InChI is InChI=1S/C38H31Cl2F6N7O3S/c1-52-34-22(7-8-27(40)31(34)37(50-52)51-57(2,55)56)23-12-18(21-5-3-4-6-26(21)39)15-47-32(23)28(11-17-9-19(41)13-20(42)10-17)48-29(54)16-53-35-30(33(49-53)36(43)44)24-14-25(24)38(35,45)46/h3-10,12-13,15,21,24-26,28,36H,11,14,16H2,1-2H3,(H,48,54)(H,50,51)/t21?,24-,25+,26?,28-/m0/s1. The number of hydrogen-bond acceptors (Lipinski definition) is 6. The Balaban J connectivity index is 1.28. The summed E-state index contributed by atoms with van der Waals surface area (Å²) in [6.07, 6.45) is 6.29. The quantitative estimate of drug-likeness (QED) is 0.102. The van der Waals surface area contributed by atoms with Crippen LogP contribution in [0.5, 0.6) is 0 Å². The van der Waals surface area contributed by atoms with Gasteiger partial charge in [0.2, 0.25) is 15.9 Å². The molecular formula is C38H31Cl2F6N7O3S. The number of pyridine rings is 1. The fraction of sp³-hybridized carbons (Fsp3) is 0.316. The van der Waals surface area contributed by atoms with Crippen molar-refractivity contribution in [2.75, 3.05) is 11.0 Å². The molecule has 5 aromatic rings. The molecule has 19 heteroatoms. The van der Waals surface area contributed by atoms with Crippen molar-refractivity contribution in [3.63, 3.8) is 0 Å². The molecule has 298 valence electrons. The van der Waals surface area contributed by atoms with Crippen LogP contribution in [0.3, 0.4) is 0 Å². The summed E-state index contributed by atoms with van der Waals surface area (Å²) in [6.45, 7) is -0.883. The molecule has 3 aliphatic rings. The van der Waals surface area contributed by atoms with Gasteiger partial charge in [0, 0.05) is 47.8 Å². The molecule has 10 nitrogen and oxygen atoms in total. The summed E-state index contributed by atoms with van der Waals surface area (Å²) in [5.41, 5.74) is 0.129. The molecular weight excluding hydrogens is 819 g/mol. The topological polar surface area (TPSA) is 124 Å². The number of alkyl halides is 5. The van der Waals surface area contributed by atoms with Crippen molar-refractivity contribution >= 4 is 55.9 Å². The summed E-state index contributed by atoms with van der Waals surface area (Å²) in [5, 5.41) is 10.8. The highest BCUT2D eigenvalue weighted by Crippen LogP contribution is 2.68. The van der Waals surface area contributed by atoms with Crippen LogP contribution in [0.15, 0.2) is 66.9 Å². The Morgan fingerprint density at radius 3 is 2.44 bits per heavy atom. The highest BCUT2D eigenvalue weighted by atomic mass is 35.5. The summed E-state index contributed by atoms with van der Waals surface area (Å²) in [5.74, 6) is -8.63. The lowest BCUT2D eigenvalue weighted by atomic mass is 9.88. The lowest BCUT2D eigenvalue weighted by molar-refractivity contribution is -0.123. The smallest absolute Gasteiger partial charge is 0.293 e. The van der Waals surface area contributed by atoms with Crippen molar-refractivity contribution in [1.29, 1.82) is 0 Å². The van der Waals surface area contributed by atoms with Gasteiger partial charge in [-0.1, -0.05) is 42.0 Å². The molecule has 0 saturated heterocycles. The number of fused-ring (bicyclic) bond motifs is 4. The largest absolute Gasteiger partial charge is 0.346 e. The summed E-state index contributed by atoms with van der Waals surface area (Å²) in [4.78, 5) is 18.7. The van der Waals surface area contributed by atoms with Gasteiger partial charge in [-0.05, 0) is 54.2 Å². The zero-order valence-corrected chi connectivity index (χ0v) is 32.2. The normalized spacial score (nSPS) is 21.2. The van der Waals surface area contributed by atoms with E-state index in [9.17, 15) is 30.8 Å². The van der Waals surface area contributed by atoms with E-state index in [0.717, 1.165) is 18.4 Å². The Kier molecular flexibility index (Phi) is 9.71. The predicted molar refractivity (Wildman–Crippen MR) is 201 cm³/mol. The van der Waals surface area contributed by atoms with Crippen LogP contribution in [0, 0.1) is 17.6 Å². The molecule has 2 N–H and O–H groups in total. The average molecular weight is 851 g/mol. The Morgan fingerprint density at radius 2 is 1.75 bits per heavy atom. The molecule has 1 fully saturated rings. The van der Waals surface area contributed by atoms with Crippen molar-refractivity contribution in [3.8, 4) is 11.1 Å². The molecule has 3 heterocycles. The summed E-state index contributed by atoms with van der Waals surface area (Å²) in [7, 11) is -2.27. The number of anilines is 1. The molecule has 2 aromatic carbocycles. The summed E-state index contributed by atoms with van der Waals surface area (Å²) in [6, 6.07) is 6.43. The van der Waals surface area contributed by atoms with Gasteiger partial charge in [0.05, 0.1) is 39.3 Å². The Hall–Kier alpha value is -4.87. The van der Waals surface area contributed by atoms with E-state index in [4.69, 9.17) is 28.2 Å². The van der Waals surface area contributed by atoms with Gasteiger partial charge < -0.3 is 5.32 Å². The third kappa shape index (κ3) is 7.18. The van der Waals surface area contributed by atoms with Gasteiger partial charge in [-0.3, -0.25) is 23.9 Å². The predicted octanol–water partition coefficient (Wildman–Crippen LogP) is 8.20. The molecule has 0 bridgehead atoms. The maximum absolute atomic E-state index is 15.4. The highest BCUT2D eigenvalue weighted by molar-refractivity contribution is 7.92. The number of aromatic nitrogens is 5. The van der Waals surface area contributed by atoms with E-state index in [-0.39, 0.29) is 45.9 Å². The van der Waals surface area contributed by atoms with E-state index in [0.29, 0.717) is 33.0 Å². The first-order valence-electron chi connectivity index (χ1n) is 17.5. The van der Waals surface area contributed by atoms with Crippen LogP contribution >= 0.6 is 23.2 Å². The zero-order chi connectivity index (χ0) is 40.7. The number of allylic oxidation sites excluding steroid dienone is 4. The van der Waals surface area contributed by atoms with Gasteiger partial charge in [0.1, 0.15) is 29.6 Å². The number of amides is 1. The molecule has 3 aliphatic carbocycles. The maximum Gasteiger partial charge on any atom is 0.293 e. The number of carbonyl (C=O) groups excluding carboxylic acids is 1. The monoisotopic (exact) mass is 849 g/mol. The molecule has 0 spiro atoms. The third-order valence-electron chi connectivity index (χ3n) is 10.4. The Bertz CT molecular complexity index is 2630. The van der Waals surface area contributed by atoms with Crippen molar-refractivity contribution in [2.45, 2.75) is 55.0 Å². The minimum absolute atomic E-state index is 0.0339. The molecule has 0 radical (unpaired) electrons. The molecule has 1 amide bonds. The number of halogens is 8. The van der Waals surface area contributed by atoms with Gasteiger partial charge >= 0.3 is 0 Å². The van der Waals surface area contributed by atoms with E-state index in [2.05, 4.69) is 20.2 Å². The summed E-state index contributed by atoms with van der Waals surface area (Å²) < 4.78 is 117. The minimum Gasteiger partial charge on any atom is -0.346 e. The Labute approximate surface area is 331 Å².